The molecule has 3 heterocycles. The van der Waals surface area contributed by atoms with Crippen LogP contribution in [0.15, 0.2) is 46.4 Å². The monoisotopic (exact) mass is 372 g/mol. The molecule has 8 heteroatoms. The highest BCUT2D eigenvalue weighted by Gasteiger charge is 2.15. The Hall–Kier alpha value is -2.64. The zero-order chi connectivity index (χ0) is 17.4. The summed E-state index contributed by atoms with van der Waals surface area (Å²) >= 11 is 7.43. The van der Waals surface area contributed by atoms with Crippen LogP contribution in [0.4, 0.5) is 0 Å². The standard InChI is InChI=1S/C17H13ClN4O2S/c1-10-14(22-6-7-25-17(22)20-10)9-19-16(23)13-8-15(24-21-13)11-2-4-12(18)5-3-11/h2-8H,9H2,1H3,(H,19,23). The molecule has 0 spiro atoms. The highest BCUT2D eigenvalue weighted by Crippen LogP contribution is 2.22. The fourth-order valence-corrected chi connectivity index (χ4v) is 3.45. The number of hydrogen-bond donors (Lipinski definition) is 1. The molecule has 1 N–H and O–H groups in total. The van der Waals surface area contributed by atoms with Gasteiger partial charge in [0.05, 0.1) is 17.9 Å². The van der Waals surface area contributed by atoms with Gasteiger partial charge in [-0.3, -0.25) is 9.20 Å². The molecular weight excluding hydrogens is 360 g/mol. The highest BCUT2D eigenvalue weighted by atomic mass is 35.5. The first-order valence-electron chi connectivity index (χ1n) is 7.54. The van der Waals surface area contributed by atoms with Crippen LogP contribution < -0.4 is 5.32 Å². The Morgan fingerprint density at radius 3 is 2.96 bits per heavy atom. The average Bonchev–Trinajstić information content (AvgIpc) is 3.30. The molecule has 4 rings (SSSR count). The molecule has 6 nitrogen and oxygen atoms in total. The number of carbonyl (C=O) groups excluding carboxylic acids is 1. The smallest absolute Gasteiger partial charge is 0.273 e. The molecule has 0 fully saturated rings. The molecule has 0 bridgehead atoms. The number of aryl methyl sites for hydroxylation is 1. The maximum absolute atomic E-state index is 12.3. The number of carbonyl (C=O) groups is 1. The Kier molecular flexibility index (Phi) is 4.03. The van der Waals surface area contributed by atoms with Crippen molar-refractivity contribution in [1.29, 1.82) is 0 Å². The van der Waals surface area contributed by atoms with Gasteiger partial charge in [-0.15, -0.1) is 11.3 Å². The lowest BCUT2D eigenvalue weighted by Gasteiger charge is -2.03. The van der Waals surface area contributed by atoms with Gasteiger partial charge in [0.1, 0.15) is 0 Å². The summed E-state index contributed by atoms with van der Waals surface area (Å²) in [6.07, 6.45) is 1.94. The molecule has 0 saturated heterocycles. The number of rotatable bonds is 4. The molecule has 3 aromatic heterocycles. The summed E-state index contributed by atoms with van der Waals surface area (Å²) < 4.78 is 7.23. The van der Waals surface area contributed by atoms with E-state index in [2.05, 4.69) is 15.5 Å². The zero-order valence-electron chi connectivity index (χ0n) is 13.2. The maximum atomic E-state index is 12.3. The summed E-state index contributed by atoms with van der Waals surface area (Å²) in [5, 5.41) is 9.31. The topological polar surface area (TPSA) is 72.4 Å². The lowest BCUT2D eigenvalue weighted by Crippen LogP contribution is -2.24. The molecule has 0 unspecified atom stereocenters. The van der Waals surface area contributed by atoms with Gasteiger partial charge in [0.2, 0.25) is 0 Å². The van der Waals surface area contributed by atoms with E-state index in [1.807, 2.05) is 35.0 Å². The largest absolute Gasteiger partial charge is 0.355 e. The van der Waals surface area contributed by atoms with Gasteiger partial charge in [0.25, 0.3) is 5.91 Å². The number of nitrogens with zero attached hydrogens (tertiary/aromatic N) is 3. The van der Waals surface area contributed by atoms with Crippen molar-refractivity contribution in [2.24, 2.45) is 0 Å². The van der Waals surface area contributed by atoms with Crippen molar-refractivity contribution in [2.45, 2.75) is 13.5 Å². The first-order valence-corrected chi connectivity index (χ1v) is 8.79. The number of imidazole rings is 1. The third-order valence-corrected chi connectivity index (χ3v) is 4.86. The molecular formula is C17H13ClN4O2S. The Morgan fingerprint density at radius 2 is 2.16 bits per heavy atom. The second-order valence-corrected chi connectivity index (χ2v) is 6.77. The molecule has 0 radical (unpaired) electrons. The van der Waals surface area contributed by atoms with Crippen LogP contribution >= 0.6 is 22.9 Å². The van der Waals surface area contributed by atoms with Crippen LogP contribution in [0.2, 0.25) is 5.02 Å². The fourth-order valence-electron chi connectivity index (χ4n) is 2.54. The van der Waals surface area contributed by atoms with E-state index in [1.165, 1.54) is 0 Å². The van der Waals surface area contributed by atoms with E-state index in [9.17, 15) is 4.79 Å². The summed E-state index contributed by atoms with van der Waals surface area (Å²) in [4.78, 5) is 17.7. The fraction of sp³-hybridized carbons (Fsp3) is 0.118. The van der Waals surface area contributed by atoms with Crippen molar-refractivity contribution >= 4 is 33.8 Å². The van der Waals surface area contributed by atoms with E-state index in [0.717, 1.165) is 21.9 Å². The second-order valence-electron chi connectivity index (χ2n) is 5.47. The number of thiazole rings is 1. The molecule has 25 heavy (non-hydrogen) atoms. The lowest BCUT2D eigenvalue weighted by atomic mass is 10.1. The molecule has 4 aromatic rings. The molecule has 126 valence electrons. The third kappa shape index (κ3) is 3.04. The van der Waals surface area contributed by atoms with Crippen LogP contribution in [-0.2, 0) is 6.54 Å². The Balaban J connectivity index is 1.49. The van der Waals surface area contributed by atoms with Crippen molar-refractivity contribution in [3.63, 3.8) is 0 Å². The second kappa shape index (κ2) is 6.34. The van der Waals surface area contributed by atoms with Crippen LogP contribution in [0, 0.1) is 6.92 Å². The number of benzene rings is 1. The summed E-state index contributed by atoms with van der Waals surface area (Å²) in [6.45, 7) is 2.29. The van der Waals surface area contributed by atoms with Crippen LogP contribution in [0.25, 0.3) is 16.3 Å². The summed E-state index contributed by atoms with van der Waals surface area (Å²) in [5.74, 6) is 0.219. The molecule has 0 atom stereocenters. The van der Waals surface area contributed by atoms with Crippen LogP contribution in [0.5, 0.6) is 0 Å². The van der Waals surface area contributed by atoms with E-state index in [1.54, 1.807) is 29.5 Å². The third-order valence-electron chi connectivity index (χ3n) is 3.85. The molecule has 0 saturated carbocycles. The Morgan fingerprint density at radius 1 is 1.36 bits per heavy atom. The predicted molar refractivity (Wildman–Crippen MR) is 95.9 cm³/mol. The van der Waals surface area contributed by atoms with E-state index >= 15 is 0 Å². The number of aromatic nitrogens is 3. The molecule has 1 aromatic carbocycles. The lowest BCUT2D eigenvalue weighted by molar-refractivity contribution is 0.0941. The molecule has 0 aliphatic carbocycles. The van der Waals surface area contributed by atoms with Crippen LogP contribution in [0.1, 0.15) is 21.9 Å². The summed E-state index contributed by atoms with van der Waals surface area (Å²) in [5.41, 5.74) is 2.89. The Labute approximate surface area is 152 Å². The van der Waals surface area contributed by atoms with Gasteiger partial charge < -0.3 is 9.84 Å². The number of hydrogen-bond acceptors (Lipinski definition) is 5. The molecule has 0 aliphatic heterocycles. The van der Waals surface area contributed by atoms with Gasteiger partial charge in [-0.25, -0.2) is 4.98 Å². The van der Waals surface area contributed by atoms with Crippen molar-refractivity contribution in [2.75, 3.05) is 0 Å². The predicted octanol–water partition coefficient (Wildman–Crippen LogP) is 3.94. The SMILES string of the molecule is Cc1nc2sccn2c1CNC(=O)c1cc(-c2ccc(Cl)cc2)on1. The van der Waals surface area contributed by atoms with E-state index in [-0.39, 0.29) is 11.6 Å². The normalized spacial score (nSPS) is 11.1. The average molecular weight is 373 g/mol. The number of amides is 1. The number of nitrogens with one attached hydrogen (secondary N) is 1. The van der Waals surface area contributed by atoms with E-state index < -0.39 is 0 Å². The van der Waals surface area contributed by atoms with Crippen molar-refractivity contribution < 1.29 is 9.32 Å². The van der Waals surface area contributed by atoms with E-state index in [0.29, 0.717) is 17.3 Å². The van der Waals surface area contributed by atoms with Gasteiger partial charge in [0, 0.05) is 28.2 Å². The minimum Gasteiger partial charge on any atom is -0.355 e. The number of fused-ring (bicyclic) bond motifs is 1. The van der Waals surface area contributed by atoms with Gasteiger partial charge in [0.15, 0.2) is 16.4 Å². The first-order chi connectivity index (χ1) is 12.1. The van der Waals surface area contributed by atoms with Gasteiger partial charge in [-0.2, -0.15) is 0 Å². The van der Waals surface area contributed by atoms with Crippen molar-refractivity contribution in [3.8, 4) is 11.3 Å². The van der Waals surface area contributed by atoms with Crippen molar-refractivity contribution in [3.05, 3.63) is 64.0 Å². The number of halogens is 1. The van der Waals surface area contributed by atoms with E-state index in [4.69, 9.17) is 16.1 Å². The van der Waals surface area contributed by atoms with Crippen molar-refractivity contribution in [1.82, 2.24) is 19.9 Å². The zero-order valence-corrected chi connectivity index (χ0v) is 14.8. The van der Waals surface area contributed by atoms with Gasteiger partial charge in [-0.1, -0.05) is 16.8 Å². The molecule has 0 aliphatic rings. The highest BCUT2D eigenvalue weighted by molar-refractivity contribution is 7.15. The van der Waals surface area contributed by atoms with Crippen LogP contribution in [0.3, 0.4) is 0 Å². The summed E-state index contributed by atoms with van der Waals surface area (Å²) in [6, 6.07) is 8.75. The van der Waals surface area contributed by atoms with Crippen LogP contribution in [-0.4, -0.2) is 20.4 Å². The summed E-state index contributed by atoms with van der Waals surface area (Å²) in [7, 11) is 0. The molecule has 1 amide bonds. The quantitative estimate of drug-likeness (QED) is 0.588. The maximum Gasteiger partial charge on any atom is 0.273 e. The Bertz CT molecular complexity index is 1050. The minimum atomic E-state index is -0.298. The van der Waals surface area contributed by atoms with Gasteiger partial charge in [-0.05, 0) is 31.2 Å². The van der Waals surface area contributed by atoms with Gasteiger partial charge >= 0.3 is 0 Å². The minimum absolute atomic E-state index is 0.230. The first kappa shape index (κ1) is 15.9.